The summed E-state index contributed by atoms with van der Waals surface area (Å²) in [6, 6.07) is 9.56. The van der Waals surface area contributed by atoms with Crippen LogP contribution >= 0.6 is 11.3 Å². The highest BCUT2D eigenvalue weighted by Crippen LogP contribution is 2.28. The van der Waals surface area contributed by atoms with E-state index in [9.17, 15) is 9.18 Å². The predicted octanol–water partition coefficient (Wildman–Crippen LogP) is 2.76. The number of thiophene rings is 1. The average Bonchev–Trinajstić information content (AvgIpc) is 3.20. The van der Waals surface area contributed by atoms with E-state index in [-0.39, 0.29) is 17.9 Å². The first-order valence-corrected chi connectivity index (χ1v) is 8.68. The zero-order valence-corrected chi connectivity index (χ0v) is 13.5. The summed E-state index contributed by atoms with van der Waals surface area (Å²) in [4.78, 5) is 16.9. The van der Waals surface area contributed by atoms with Crippen molar-refractivity contribution >= 4 is 17.4 Å². The summed E-state index contributed by atoms with van der Waals surface area (Å²) in [6.07, 6.45) is 0. The Morgan fingerprint density at radius 1 is 1.30 bits per heavy atom. The summed E-state index contributed by atoms with van der Waals surface area (Å²) in [6.45, 7) is 3.99. The van der Waals surface area contributed by atoms with Crippen LogP contribution in [0.5, 0.6) is 0 Å². The highest BCUT2D eigenvalue weighted by molar-refractivity contribution is 7.13. The van der Waals surface area contributed by atoms with E-state index in [1.807, 2.05) is 34.5 Å². The number of carbonyl (C=O) groups excluding carboxylic acids is 1. The van der Waals surface area contributed by atoms with E-state index >= 15 is 0 Å². The molecule has 2 saturated heterocycles. The maximum atomic E-state index is 14.1. The summed E-state index contributed by atoms with van der Waals surface area (Å²) >= 11 is 1.55. The molecule has 0 saturated carbocycles. The van der Waals surface area contributed by atoms with Crippen molar-refractivity contribution in [3.63, 3.8) is 0 Å². The molecule has 120 valence electrons. The predicted molar refractivity (Wildman–Crippen MR) is 88.9 cm³/mol. The van der Waals surface area contributed by atoms with Gasteiger partial charge in [-0.3, -0.25) is 4.90 Å². The van der Waals surface area contributed by atoms with Crippen molar-refractivity contribution < 1.29 is 9.18 Å². The van der Waals surface area contributed by atoms with Gasteiger partial charge < -0.3 is 10.2 Å². The Labute approximate surface area is 138 Å². The molecule has 1 atom stereocenters. The maximum Gasteiger partial charge on any atom is 0.317 e. The smallest absolute Gasteiger partial charge is 0.317 e. The lowest BCUT2D eigenvalue weighted by Crippen LogP contribution is -2.51. The summed E-state index contributed by atoms with van der Waals surface area (Å²) in [5, 5.41) is 4.86. The van der Waals surface area contributed by atoms with Crippen LogP contribution in [0.1, 0.15) is 5.56 Å². The van der Waals surface area contributed by atoms with Crippen molar-refractivity contribution in [2.45, 2.75) is 12.6 Å². The zero-order valence-electron chi connectivity index (χ0n) is 12.7. The van der Waals surface area contributed by atoms with Crippen LogP contribution < -0.4 is 5.32 Å². The average molecular weight is 331 g/mol. The lowest BCUT2D eigenvalue weighted by Gasteiger charge is -2.36. The third-order valence-electron chi connectivity index (χ3n) is 4.54. The lowest BCUT2D eigenvalue weighted by atomic mass is 10.1. The van der Waals surface area contributed by atoms with Crippen molar-refractivity contribution in [3.8, 4) is 10.4 Å². The van der Waals surface area contributed by atoms with Crippen LogP contribution in [0.4, 0.5) is 9.18 Å². The van der Waals surface area contributed by atoms with E-state index in [2.05, 4.69) is 10.2 Å². The molecular weight excluding hydrogens is 313 g/mol. The Balaban J connectivity index is 1.49. The second kappa shape index (κ2) is 5.94. The third-order valence-corrected chi connectivity index (χ3v) is 5.44. The quantitative estimate of drug-likeness (QED) is 0.939. The summed E-state index contributed by atoms with van der Waals surface area (Å²) < 4.78 is 14.1. The molecule has 2 aliphatic rings. The van der Waals surface area contributed by atoms with Crippen LogP contribution in [-0.4, -0.2) is 48.1 Å². The van der Waals surface area contributed by atoms with Crippen LogP contribution in [-0.2, 0) is 6.54 Å². The lowest BCUT2D eigenvalue weighted by molar-refractivity contribution is 0.116. The monoisotopic (exact) mass is 331 g/mol. The number of benzene rings is 1. The Morgan fingerprint density at radius 2 is 2.22 bits per heavy atom. The highest BCUT2D eigenvalue weighted by Gasteiger charge is 2.35. The molecule has 2 fully saturated rings. The number of urea groups is 1. The molecule has 2 aliphatic heterocycles. The molecule has 3 heterocycles. The molecule has 1 N–H and O–H groups in total. The van der Waals surface area contributed by atoms with Gasteiger partial charge in [-0.25, -0.2) is 9.18 Å². The maximum absolute atomic E-state index is 14.1. The first kappa shape index (κ1) is 14.7. The molecule has 0 radical (unpaired) electrons. The SMILES string of the molecule is O=C1NC[C@@H]2CN(Cc3ccc(F)c(-c4cccs4)c3)CCN12. The van der Waals surface area contributed by atoms with Gasteiger partial charge in [0.15, 0.2) is 0 Å². The fourth-order valence-electron chi connectivity index (χ4n) is 3.36. The highest BCUT2D eigenvalue weighted by atomic mass is 32.1. The number of hydrogen-bond donors (Lipinski definition) is 1. The Morgan fingerprint density at radius 3 is 3.04 bits per heavy atom. The Bertz CT molecular complexity index is 719. The summed E-state index contributed by atoms with van der Waals surface area (Å²) in [5.41, 5.74) is 1.79. The Hall–Kier alpha value is -1.92. The van der Waals surface area contributed by atoms with Gasteiger partial charge in [0.05, 0.1) is 6.04 Å². The number of carbonyl (C=O) groups is 1. The van der Waals surface area contributed by atoms with Crippen LogP contribution in [0.2, 0.25) is 0 Å². The number of hydrogen-bond acceptors (Lipinski definition) is 3. The minimum absolute atomic E-state index is 0.0522. The second-order valence-corrected chi connectivity index (χ2v) is 7.01. The number of rotatable bonds is 3. The zero-order chi connectivity index (χ0) is 15.8. The van der Waals surface area contributed by atoms with E-state index in [1.165, 1.54) is 0 Å². The standard InChI is InChI=1S/C17H18FN3OS/c18-15-4-3-12(8-14(15)16-2-1-7-23-16)10-20-5-6-21-13(11-20)9-19-17(21)22/h1-4,7-8,13H,5-6,9-11H2,(H,19,22)/t13-/m1/s1. The fraction of sp³-hybridized carbons (Fsp3) is 0.353. The number of piperazine rings is 1. The first-order chi connectivity index (χ1) is 11.2. The molecule has 4 rings (SSSR count). The Kier molecular flexibility index (Phi) is 3.79. The number of nitrogens with zero attached hydrogens (tertiary/aromatic N) is 2. The first-order valence-electron chi connectivity index (χ1n) is 7.80. The minimum Gasteiger partial charge on any atom is -0.336 e. The van der Waals surface area contributed by atoms with Crippen molar-refractivity contribution in [2.24, 2.45) is 0 Å². The van der Waals surface area contributed by atoms with Gasteiger partial charge in [-0.1, -0.05) is 12.1 Å². The van der Waals surface area contributed by atoms with Gasteiger partial charge in [-0.2, -0.15) is 0 Å². The van der Waals surface area contributed by atoms with Crippen molar-refractivity contribution in [2.75, 3.05) is 26.2 Å². The molecule has 2 amide bonds. The second-order valence-electron chi connectivity index (χ2n) is 6.06. The largest absolute Gasteiger partial charge is 0.336 e. The molecular formula is C17H18FN3OS. The molecule has 1 aromatic heterocycles. The molecule has 0 spiro atoms. The van der Waals surface area contributed by atoms with E-state index in [0.717, 1.165) is 43.2 Å². The van der Waals surface area contributed by atoms with E-state index in [4.69, 9.17) is 0 Å². The molecule has 2 aromatic rings. The van der Waals surface area contributed by atoms with Crippen molar-refractivity contribution in [1.29, 1.82) is 0 Å². The van der Waals surface area contributed by atoms with Crippen molar-refractivity contribution in [3.05, 3.63) is 47.1 Å². The van der Waals surface area contributed by atoms with Gasteiger partial charge in [0.25, 0.3) is 0 Å². The number of fused-ring (bicyclic) bond motifs is 1. The molecule has 0 aliphatic carbocycles. The van der Waals surface area contributed by atoms with E-state index in [1.54, 1.807) is 17.4 Å². The van der Waals surface area contributed by atoms with Gasteiger partial charge in [-0.05, 0) is 29.1 Å². The van der Waals surface area contributed by atoms with Crippen LogP contribution in [0.15, 0.2) is 35.7 Å². The summed E-state index contributed by atoms with van der Waals surface area (Å²) in [5.74, 6) is -0.174. The van der Waals surface area contributed by atoms with Crippen LogP contribution in [0, 0.1) is 5.82 Å². The molecule has 0 bridgehead atoms. The number of halogens is 1. The normalized spacial score (nSPS) is 21.3. The molecule has 0 unspecified atom stereocenters. The van der Waals surface area contributed by atoms with Gasteiger partial charge >= 0.3 is 6.03 Å². The van der Waals surface area contributed by atoms with Gasteiger partial charge in [0.2, 0.25) is 0 Å². The number of amides is 2. The van der Waals surface area contributed by atoms with Gasteiger partial charge in [-0.15, -0.1) is 11.3 Å². The topological polar surface area (TPSA) is 35.6 Å². The fourth-order valence-corrected chi connectivity index (χ4v) is 4.11. The minimum atomic E-state index is -0.174. The van der Waals surface area contributed by atoms with Crippen molar-refractivity contribution in [1.82, 2.24) is 15.1 Å². The van der Waals surface area contributed by atoms with E-state index < -0.39 is 0 Å². The van der Waals surface area contributed by atoms with Crippen LogP contribution in [0.3, 0.4) is 0 Å². The molecule has 6 heteroatoms. The third kappa shape index (κ3) is 2.84. The summed E-state index contributed by atoms with van der Waals surface area (Å²) in [7, 11) is 0. The van der Waals surface area contributed by atoms with Gasteiger partial charge in [0, 0.05) is 43.2 Å². The molecule has 1 aromatic carbocycles. The number of nitrogens with one attached hydrogen (secondary N) is 1. The molecule has 23 heavy (non-hydrogen) atoms. The van der Waals surface area contributed by atoms with Gasteiger partial charge in [0.1, 0.15) is 5.82 Å². The molecule has 4 nitrogen and oxygen atoms in total. The van der Waals surface area contributed by atoms with E-state index in [0.29, 0.717) is 5.56 Å². The van der Waals surface area contributed by atoms with Crippen LogP contribution in [0.25, 0.3) is 10.4 Å².